The van der Waals surface area contributed by atoms with Gasteiger partial charge in [-0.25, -0.2) is 4.98 Å². The van der Waals surface area contributed by atoms with E-state index < -0.39 is 24.3 Å². The first-order chi connectivity index (χ1) is 18.4. The van der Waals surface area contributed by atoms with E-state index in [0.29, 0.717) is 18.8 Å². The maximum absolute atomic E-state index is 13.5. The molecule has 0 saturated heterocycles. The van der Waals surface area contributed by atoms with E-state index >= 15 is 0 Å². The molecule has 0 unspecified atom stereocenters. The van der Waals surface area contributed by atoms with Gasteiger partial charge < -0.3 is 30.6 Å². The Kier molecular flexibility index (Phi) is 10.2. The van der Waals surface area contributed by atoms with Crippen LogP contribution in [0.1, 0.15) is 69.0 Å². The molecule has 5 N–H and O–H groups in total. The fourth-order valence-electron chi connectivity index (χ4n) is 5.45. The molecule has 0 bridgehead atoms. The molecule has 2 saturated carbocycles. The summed E-state index contributed by atoms with van der Waals surface area (Å²) >= 11 is 0. The van der Waals surface area contributed by atoms with Crippen LogP contribution in [0.3, 0.4) is 0 Å². The zero-order valence-corrected chi connectivity index (χ0v) is 22.3. The van der Waals surface area contributed by atoms with Crippen LogP contribution in [0.25, 0.3) is 0 Å². The number of hydrogen-bond donors (Lipinski definition) is 5. The number of nitrogens with zero attached hydrogens (tertiary/aromatic N) is 1. The minimum Gasteiger partial charge on any atom is -0.497 e. The number of H-pyrrole nitrogens is 1. The Bertz CT molecular complexity index is 1000. The number of aromatic nitrogens is 2. The number of ether oxygens (including phenoxy) is 1. The second kappa shape index (κ2) is 13.8. The number of hydrogen-bond acceptors (Lipinski definition) is 6. The van der Waals surface area contributed by atoms with Crippen LogP contribution in [0.5, 0.6) is 5.75 Å². The third-order valence-corrected chi connectivity index (χ3v) is 7.94. The van der Waals surface area contributed by atoms with Crippen molar-refractivity contribution < 1.29 is 24.5 Å². The number of aryl methyl sites for hydroxylation is 1. The Labute approximate surface area is 224 Å². The molecule has 0 aliphatic heterocycles. The lowest BCUT2D eigenvalue weighted by Gasteiger charge is -2.33. The van der Waals surface area contributed by atoms with Crippen LogP contribution in [-0.4, -0.2) is 63.4 Å². The zero-order chi connectivity index (χ0) is 26.9. The van der Waals surface area contributed by atoms with E-state index in [1.165, 1.54) is 12.7 Å². The van der Waals surface area contributed by atoms with Crippen LogP contribution in [0, 0.1) is 11.8 Å². The average Bonchev–Trinajstić information content (AvgIpc) is 3.67. The Morgan fingerprint density at radius 2 is 1.82 bits per heavy atom. The molecule has 2 fully saturated rings. The molecule has 1 aromatic carbocycles. The van der Waals surface area contributed by atoms with Gasteiger partial charge in [-0.2, -0.15) is 0 Å². The van der Waals surface area contributed by atoms with Crippen LogP contribution >= 0.6 is 0 Å². The molecule has 2 aromatic rings. The first kappa shape index (κ1) is 28.1. The van der Waals surface area contributed by atoms with E-state index in [0.717, 1.165) is 55.5 Å². The molecular formula is C29H42N4O5. The number of methoxy groups -OCH3 is 1. The molecule has 2 aliphatic rings. The summed E-state index contributed by atoms with van der Waals surface area (Å²) < 4.78 is 5.19. The summed E-state index contributed by atoms with van der Waals surface area (Å²) in [4.78, 5) is 33.5. The number of aromatic amines is 1. The molecule has 38 heavy (non-hydrogen) atoms. The number of imidazole rings is 1. The highest BCUT2D eigenvalue weighted by atomic mass is 16.5. The SMILES string of the molecule is COc1ccc(CCC(=O)N[C@@H](Cc2cnc[nH]2)C(=O)N[C@@H](CC2CCCCC2)[C@@H](O)[C@@H](O)C2CC2)cc1. The van der Waals surface area contributed by atoms with Gasteiger partial charge >= 0.3 is 0 Å². The fraction of sp³-hybridized carbons (Fsp3) is 0.621. The van der Waals surface area contributed by atoms with E-state index in [2.05, 4.69) is 20.6 Å². The van der Waals surface area contributed by atoms with Gasteiger partial charge in [0.1, 0.15) is 17.9 Å². The molecule has 9 heteroatoms. The number of rotatable bonds is 14. The number of benzene rings is 1. The molecule has 0 radical (unpaired) electrons. The standard InChI is InChI=1S/C29H42N4O5/c1-38-23-12-7-19(8-13-23)9-14-26(34)32-25(16-22-17-30-18-31-22)29(37)33-24(15-20-5-3-2-4-6-20)28(36)27(35)21-10-11-21/h7-8,12-13,17-18,20-21,24-25,27-28,35-36H,2-6,9-11,14-16H2,1H3,(H,30,31)(H,32,34)(H,33,37)/t24-,25-,27-,28+/m0/s1. The Hall–Kier alpha value is -2.91. The molecule has 2 amide bonds. The van der Waals surface area contributed by atoms with E-state index in [1.54, 1.807) is 13.3 Å². The molecule has 1 heterocycles. The predicted octanol–water partition coefficient (Wildman–Crippen LogP) is 2.67. The van der Waals surface area contributed by atoms with Gasteiger partial charge in [0.2, 0.25) is 11.8 Å². The summed E-state index contributed by atoms with van der Waals surface area (Å²) in [6.45, 7) is 0. The summed E-state index contributed by atoms with van der Waals surface area (Å²) in [6.07, 6.45) is 10.4. The summed E-state index contributed by atoms with van der Waals surface area (Å²) in [5.41, 5.74) is 1.73. The van der Waals surface area contributed by atoms with Crippen LogP contribution in [0.4, 0.5) is 0 Å². The third-order valence-electron chi connectivity index (χ3n) is 7.94. The van der Waals surface area contributed by atoms with E-state index in [9.17, 15) is 19.8 Å². The minimum atomic E-state index is -1.04. The minimum absolute atomic E-state index is 0.0919. The number of amides is 2. The van der Waals surface area contributed by atoms with Gasteiger partial charge in [0.25, 0.3) is 0 Å². The largest absolute Gasteiger partial charge is 0.497 e. The normalized spacial score (nSPS) is 19.2. The lowest BCUT2D eigenvalue weighted by molar-refractivity contribution is -0.130. The monoisotopic (exact) mass is 526 g/mol. The fourth-order valence-corrected chi connectivity index (χ4v) is 5.45. The topological polar surface area (TPSA) is 137 Å². The Morgan fingerprint density at radius 3 is 2.45 bits per heavy atom. The zero-order valence-electron chi connectivity index (χ0n) is 22.3. The van der Waals surface area contributed by atoms with Crippen molar-refractivity contribution in [2.24, 2.45) is 11.8 Å². The highest BCUT2D eigenvalue weighted by molar-refractivity contribution is 5.88. The average molecular weight is 527 g/mol. The number of nitrogens with one attached hydrogen (secondary N) is 3. The van der Waals surface area contributed by atoms with Crippen molar-refractivity contribution in [2.75, 3.05) is 7.11 Å². The molecule has 2 aliphatic carbocycles. The van der Waals surface area contributed by atoms with Crippen LogP contribution in [-0.2, 0) is 22.4 Å². The number of aliphatic hydroxyl groups excluding tert-OH is 2. The molecule has 208 valence electrons. The first-order valence-electron chi connectivity index (χ1n) is 14.0. The van der Waals surface area contributed by atoms with Gasteiger partial charge in [-0.3, -0.25) is 9.59 Å². The molecular weight excluding hydrogens is 484 g/mol. The number of aliphatic hydroxyl groups is 2. The quantitative estimate of drug-likeness (QED) is 0.257. The maximum Gasteiger partial charge on any atom is 0.243 e. The summed E-state index contributed by atoms with van der Waals surface area (Å²) in [6, 6.07) is 6.15. The lowest BCUT2D eigenvalue weighted by atomic mass is 9.82. The number of carbonyl (C=O) groups is 2. The summed E-state index contributed by atoms with van der Waals surface area (Å²) in [7, 11) is 1.61. The van der Waals surface area contributed by atoms with Crippen molar-refractivity contribution in [3.05, 3.63) is 48.0 Å². The van der Waals surface area contributed by atoms with Crippen LogP contribution < -0.4 is 15.4 Å². The smallest absolute Gasteiger partial charge is 0.243 e. The third kappa shape index (κ3) is 8.30. The lowest BCUT2D eigenvalue weighted by Crippen LogP contribution is -2.56. The molecule has 0 spiro atoms. The van der Waals surface area contributed by atoms with Crippen molar-refractivity contribution in [2.45, 2.75) is 94.9 Å². The maximum atomic E-state index is 13.5. The van der Waals surface area contributed by atoms with Crippen molar-refractivity contribution >= 4 is 11.8 Å². The van der Waals surface area contributed by atoms with Crippen LogP contribution in [0.15, 0.2) is 36.8 Å². The van der Waals surface area contributed by atoms with Gasteiger partial charge in [-0.1, -0.05) is 44.2 Å². The van der Waals surface area contributed by atoms with Crippen molar-refractivity contribution in [3.63, 3.8) is 0 Å². The molecule has 1 aromatic heterocycles. The van der Waals surface area contributed by atoms with Gasteiger partial charge in [0.15, 0.2) is 0 Å². The highest BCUT2D eigenvalue weighted by Crippen LogP contribution is 2.36. The van der Waals surface area contributed by atoms with Crippen molar-refractivity contribution in [1.82, 2.24) is 20.6 Å². The van der Waals surface area contributed by atoms with E-state index in [-0.39, 0.29) is 30.6 Å². The molecule has 4 rings (SSSR count). The summed E-state index contributed by atoms with van der Waals surface area (Å²) in [5, 5.41) is 27.7. The number of carbonyl (C=O) groups excluding carboxylic acids is 2. The van der Waals surface area contributed by atoms with E-state index in [4.69, 9.17) is 4.74 Å². The Morgan fingerprint density at radius 1 is 1.08 bits per heavy atom. The van der Waals surface area contributed by atoms with Crippen molar-refractivity contribution in [3.8, 4) is 5.75 Å². The highest BCUT2D eigenvalue weighted by Gasteiger charge is 2.40. The second-order valence-electron chi connectivity index (χ2n) is 10.9. The van der Waals surface area contributed by atoms with Crippen LogP contribution in [0.2, 0.25) is 0 Å². The molecule has 4 atom stereocenters. The van der Waals surface area contributed by atoms with Gasteiger partial charge in [-0.15, -0.1) is 0 Å². The summed E-state index contributed by atoms with van der Waals surface area (Å²) in [5.74, 6) is 0.656. The van der Waals surface area contributed by atoms with Gasteiger partial charge in [-0.05, 0) is 55.2 Å². The van der Waals surface area contributed by atoms with E-state index in [1.807, 2.05) is 24.3 Å². The van der Waals surface area contributed by atoms with Crippen molar-refractivity contribution in [1.29, 1.82) is 0 Å². The molecule has 9 nitrogen and oxygen atoms in total. The Balaban J connectivity index is 1.41. The first-order valence-corrected chi connectivity index (χ1v) is 14.0. The second-order valence-corrected chi connectivity index (χ2v) is 10.9. The van der Waals surface area contributed by atoms with Gasteiger partial charge in [0, 0.05) is 24.7 Å². The van der Waals surface area contributed by atoms with Gasteiger partial charge in [0.05, 0.1) is 25.6 Å². The predicted molar refractivity (Wildman–Crippen MR) is 143 cm³/mol.